The Morgan fingerprint density at radius 1 is 1.42 bits per heavy atom. The van der Waals surface area contributed by atoms with Crippen molar-refractivity contribution in [1.29, 1.82) is 0 Å². The number of nitrogens with one attached hydrogen (secondary N) is 1. The molecule has 0 spiro atoms. The van der Waals surface area contributed by atoms with Crippen LogP contribution in [0.1, 0.15) is 6.92 Å². The van der Waals surface area contributed by atoms with E-state index in [0.29, 0.717) is 0 Å². The average molecular weight is 207 g/mol. The fourth-order valence-electron chi connectivity index (χ4n) is 0.516. The maximum absolute atomic E-state index is 9.00. The SMILES string of the molecule is C1COCCN1.CC(=O)O.O.[CaH2]. The van der Waals surface area contributed by atoms with Crippen molar-refractivity contribution in [3.8, 4) is 0 Å². The van der Waals surface area contributed by atoms with Crippen LogP contribution in [0, 0.1) is 0 Å². The normalized spacial score (nSPS) is 14.1. The van der Waals surface area contributed by atoms with Crippen molar-refractivity contribution >= 4 is 43.7 Å². The molecule has 0 bridgehead atoms. The minimum absolute atomic E-state index is 0. The van der Waals surface area contributed by atoms with Gasteiger partial charge in [-0.2, -0.15) is 0 Å². The van der Waals surface area contributed by atoms with Gasteiger partial charge in [0.05, 0.1) is 13.2 Å². The van der Waals surface area contributed by atoms with Crippen LogP contribution in [-0.4, -0.2) is 80.6 Å². The number of rotatable bonds is 0. The first-order valence-electron chi connectivity index (χ1n) is 3.21. The van der Waals surface area contributed by atoms with Crippen LogP contribution in [0.5, 0.6) is 0 Å². The van der Waals surface area contributed by atoms with Crippen LogP contribution in [0.2, 0.25) is 0 Å². The molecule has 0 unspecified atom stereocenters. The Labute approximate surface area is 102 Å². The van der Waals surface area contributed by atoms with Crippen molar-refractivity contribution in [1.82, 2.24) is 5.32 Å². The molecule has 0 amide bonds. The minimum atomic E-state index is -0.833. The van der Waals surface area contributed by atoms with Crippen molar-refractivity contribution in [2.45, 2.75) is 6.92 Å². The molecule has 6 heteroatoms. The number of hydrogen-bond donors (Lipinski definition) is 2. The van der Waals surface area contributed by atoms with Gasteiger partial charge in [-0.15, -0.1) is 0 Å². The Morgan fingerprint density at radius 3 is 1.83 bits per heavy atom. The average Bonchev–Trinajstić information content (AvgIpc) is 1.90. The molecule has 1 heterocycles. The summed E-state index contributed by atoms with van der Waals surface area (Å²) >= 11 is 0. The van der Waals surface area contributed by atoms with Gasteiger partial charge in [0.25, 0.3) is 5.97 Å². The van der Waals surface area contributed by atoms with Gasteiger partial charge in [-0.25, -0.2) is 0 Å². The molecule has 0 atom stereocenters. The molecule has 0 aliphatic carbocycles. The zero-order chi connectivity index (χ0) is 7.82. The zero-order valence-corrected chi connectivity index (χ0v) is 6.59. The summed E-state index contributed by atoms with van der Waals surface area (Å²) in [5.74, 6) is -0.833. The quantitative estimate of drug-likeness (QED) is 0.448. The van der Waals surface area contributed by atoms with Gasteiger partial charge in [0, 0.05) is 20.0 Å². The summed E-state index contributed by atoms with van der Waals surface area (Å²) in [6.45, 7) is 4.92. The zero-order valence-electron chi connectivity index (χ0n) is 6.59. The molecule has 0 aromatic heterocycles. The number of morpholine rings is 1. The second kappa shape index (κ2) is 14.2. The molecule has 12 heavy (non-hydrogen) atoms. The van der Waals surface area contributed by atoms with Crippen molar-refractivity contribution < 1.29 is 20.1 Å². The molecular formula is C6H17CaNO4. The molecular weight excluding hydrogens is 190 g/mol. The van der Waals surface area contributed by atoms with Crippen molar-refractivity contribution in [2.24, 2.45) is 0 Å². The van der Waals surface area contributed by atoms with E-state index < -0.39 is 5.97 Å². The van der Waals surface area contributed by atoms with E-state index in [9.17, 15) is 0 Å². The van der Waals surface area contributed by atoms with E-state index in [1.807, 2.05) is 0 Å². The maximum atomic E-state index is 9.00. The Kier molecular flexibility index (Phi) is 21.7. The van der Waals surface area contributed by atoms with E-state index in [4.69, 9.17) is 14.6 Å². The number of ether oxygens (including phenoxy) is 1. The van der Waals surface area contributed by atoms with E-state index >= 15 is 0 Å². The van der Waals surface area contributed by atoms with E-state index in [1.165, 1.54) is 0 Å². The number of hydrogen-bond acceptors (Lipinski definition) is 3. The topological polar surface area (TPSA) is 90.1 Å². The van der Waals surface area contributed by atoms with Gasteiger partial charge in [-0.3, -0.25) is 4.79 Å². The summed E-state index contributed by atoms with van der Waals surface area (Å²) in [5.41, 5.74) is 0. The molecule has 0 saturated carbocycles. The Morgan fingerprint density at radius 2 is 1.75 bits per heavy atom. The summed E-state index contributed by atoms with van der Waals surface area (Å²) in [7, 11) is 0. The molecule has 1 saturated heterocycles. The van der Waals surface area contributed by atoms with Crippen LogP contribution in [0.3, 0.4) is 0 Å². The number of carboxylic acids is 1. The second-order valence-corrected chi connectivity index (χ2v) is 1.88. The number of aliphatic carboxylic acids is 1. The molecule has 0 radical (unpaired) electrons. The van der Waals surface area contributed by atoms with Crippen LogP contribution in [0.4, 0.5) is 0 Å². The third-order valence-electron chi connectivity index (χ3n) is 0.846. The van der Waals surface area contributed by atoms with E-state index in [-0.39, 0.29) is 43.2 Å². The molecule has 1 aliphatic heterocycles. The van der Waals surface area contributed by atoms with Gasteiger partial charge < -0.3 is 20.6 Å². The van der Waals surface area contributed by atoms with Gasteiger partial charge in [-0.1, -0.05) is 0 Å². The molecule has 0 aromatic rings. The van der Waals surface area contributed by atoms with Crippen LogP contribution in [-0.2, 0) is 9.53 Å². The Bertz CT molecular complexity index is 82.0. The first-order chi connectivity index (χ1) is 4.73. The van der Waals surface area contributed by atoms with Crippen LogP contribution < -0.4 is 5.32 Å². The van der Waals surface area contributed by atoms with Gasteiger partial charge in [0.15, 0.2) is 0 Å². The standard InChI is InChI=1S/C4H9NO.C2H4O2.Ca.H2O.2H/c1-3-6-4-2-5-1;1-2(3)4;;;;/h5H,1-4H2;1H3,(H,3,4);;1H2;;. The first kappa shape index (κ1) is 18.4. The summed E-state index contributed by atoms with van der Waals surface area (Å²) in [6.07, 6.45) is 0. The van der Waals surface area contributed by atoms with Crippen molar-refractivity contribution in [2.75, 3.05) is 26.3 Å². The molecule has 0 aromatic carbocycles. The van der Waals surface area contributed by atoms with E-state index in [0.717, 1.165) is 33.2 Å². The van der Waals surface area contributed by atoms with Crippen LogP contribution >= 0.6 is 0 Å². The predicted molar refractivity (Wildman–Crippen MR) is 49.2 cm³/mol. The Hall–Kier alpha value is 0.610. The third kappa shape index (κ3) is 22.4. The molecule has 1 fully saturated rings. The fraction of sp³-hybridized carbons (Fsp3) is 0.833. The van der Waals surface area contributed by atoms with Crippen LogP contribution in [0.25, 0.3) is 0 Å². The van der Waals surface area contributed by atoms with E-state index in [2.05, 4.69) is 5.32 Å². The van der Waals surface area contributed by atoms with Crippen LogP contribution in [0.15, 0.2) is 0 Å². The van der Waals surface area contributed by atoms with Gasteiger partial charge in [0.2, 0.25) is 0 Å². The van der Waals surface area contributed by atoms with Gasteiger partial charge in [0.1, 0.15) is 0 Å². The summed E-state index contributed by atoms with van der Waals surface area (Å²) in [5, 5.41) is 10.6. The summed E-state index contributed by atoms with van der Waals surface area (Å²) in [6, 6.07) is 0. The third-order valence-corrected chi connectivity index (χ3v) is 0.846. The molecule has 5 nitrogen and oxygen atoms in total. The van der Waals surface area contributed by atoms with Gasteiger partial charge >= 0.3 is 37.7 Å². The number of carboxylic acid groups (broad SMARTS) is 1. The fourth-order valence-corrected chi connectivity index (χ4v) is 0.516. The van der Waals surface area contributed by atoms with Crippen molar-refractivity contribution in [3.63, 3.8) is 0 Å². The molecule has 1 aliphatic rings. The Balaban J connectivity index is -0.000000124. The molecule has 4 N–H and O–H groups in total. The first-order valence-corrected chi connectivity index (χ1v) is 3.21. The summed E-state index contributed by atoms with van der Waals surface area (Å²) in [4.78, 5) is 9.00. The molecule has 72 valence electrons. The van der Waals surface area contributed by atoms with E-state index in [1.54, 1.807) is 0 Å². The summed E-state index contributed by atoms with van der Waals surface area (Å²) < 4.78 is 5.01. The number of carbonyl (C=O) groups is 1. The monoisotopic (exact) mass is 207 g/mol. The second-order valence-electron chi connectivity index (χ2n) is 1.88. The van der Waals surface area contributed by atoms with Crippen molar-refractivity contribution in [3.05, 3.63) is 0 Å². The van der Waals surface area contributed by atoms with Gasteiger partial charge in [-0.05, 0) is 0 Å². The molecule has 1 rings (SSSR count). The predicted octanol–water partition coefficient (Wildman–Crippen LogP) is -2.04.